The molecule has 72 valence electrons. The molecule has 0 unspecified atom stereocenters. The second-order valence-electron chi connectivity index (χ2n) is 3.04. The molecule has 0 amide bonds. The van der Waals surface area contributed by atoms with Gasteiger partial charge in [0.2, 0.25) is 0 Å². The minimum Gasteiger partial charge on any atom is -0.329 e. The predicted molar refractivity (Wildman–Crippen MR) is 53.5 cm³/mol. The second kappa shape index (κ2) is 4.02. The standard InChI is InChI=1S/C10H12N4/c11-6-10-13-4-5-14(10)8-9-2-1-3-12-7-9/h1-5,7H,6,8,11H2. The molecule has 0 aliphatic heterocycles. The molecule has 0 saturated carbocycles. The van der Waals surface area contributed by atoms with Crippen LogP contribution in [0.15, 0.2) is 36.9 Å². The molecule has 4 heteroatoms. The van der Waals surface area contributed by atoms with Gasteiger partial charge in [0.05, 0.1) is 13.1 Å². The Morgan fingerprint density at radius 2 is 2.29 bits per heavy atom. The molecule has 4 nitrogen and oxygen atoms in total. The number of aromatic nitrogens is 3. The summed E-state index contributed by atoms with van der Waals surface area (Å²) in [5.41, 5.74) is 6.70. The molecule has 0 spiro atoms. The molecule has 2 aromatic heterocycles. The van der Waals surface area contributed by atoms with Gasteiger partial charge in [-0.3, -0.25) is 4.98 Å². The summed E-state index contributed by atoms with van der Waals surface area (Å²) in [4.78, 5) is 8.20. The van der Waals surface area contributed by atoms with Gasteiger partial charge in [-0.25, -0.2) is 4.98 Å². The molecule has 0 aromatic carbocycles. The third-order valence-electron chi connectivity index (χ3n) is 2.06. The van der Waals surface area contributed by atoms with E-state index in [1.165, 1.54) is 0 Å². The molecule has 14 heavy (non-hydrogen) atoms. The highest BCUT2D eigenvalue weighted by atomic mass is 15.1. The van der Waals surface area contributed by atoms with Gasteiger partial charge in [0, 0.05) is 24.8 Å². The summed E-state index contributed by atoms with van der Waals surface area (Å²) in [5, 5.41) is 0. The largest absolute Gasteiger partial charge is 0.329 e. The fourth-order valence-corrected chi connectivity index (χ4v) is 1.36. The van der Waals surface area contributed by atoms with Crippen LogP contribution in [0.1, 0.15) is 11.4 Å². The van der Waals surface area contributed by atoms with Crippen LogP contribution in [0, 0.1) is 0 Å². The Morgan fingerprint density at radius 1 is 1.36 bits per heavy atom. The van der Waals surface area contributed by atoms with E-state index in [4.69, 9.17) is 5.73 Å². The smallest absolute Gasteiger partial charge is 0.122 e. The summed E-state index contributed by atoms with van der Waals surface area (Å²) in [5.74, 6) is 0.897. The van der Waals surface area contributed by atoms with Crippen molar-refractivity contribution in [2.45, 2.75) is 13.1 Å². The predicted octanol–water partition coefficient (Wildman–Crippen LogP) is 0.785. The topological polar surface area (TPSA) is 56.7 Å². The summed E-state index contributed by atoms with van der Waals surface area (Å²) in [6.07, 6.45) is 7.30. The SMILES string of the molecule is NCc1nccn1Cc1cccnc1. The molecular formula is C10H12N4. The van der Waals surface area contributed by atoms with Crippen LogP contribution >= 0.6 is 0 Å². The maximum atomic E-state index is 5.55. The van der Waals surface area contributed by atoms with Gasteiger partial charge in [0.25, 0.3) is 0 Å². The molecule has 2 N–H and O–H groups in total. The molecule has 2 rings (SSSR count). The van der Waals surface area contributed by atoms with E-state index in [2.05, 4.69) is 9.97 Å². The van der Waals surface area contributed by atoms with Crippen LogP contribution < -0.4 is 5.73 Å². The van der Waals surface area contributed by atoms with Gasteiger partial charge in [-0.2, -0.15) is 0 Å². The number of imidazole rings is 1. The van der Waals surface area contributed by atoms with Gasteiger partial charge < -0.3 is 10.3 Å². The van der Waals surface area contributed by atoms with E-state index in [-0.39, 0.29) is 0 Å². The molecular weight excluding hydrogens is 176 g/mol. The zero-order valence-electron chi connectivity index (χ0n) is 7.80. The molecule has 0 atom stereocenters. The van der Waals surface area contributed by atoms with Crippen molar-refractivity contribution < 1.29 is 0 Å². The lowest BCUT2D eigenvalue weighted by atomic mass is 10.3. The van der Waals surface area contributed by atoms with Crippen molar-refractivity contribution in [3.05, 3.63) is 48.3 Å². The van der Waals surface area contributed by atoms with Crippen molar-refractivity contribution in [2.24, 2.45) is 5.73 Å². The van der Waals surface area contributed by atoms with Crippen LogP contribution in [0.25, 0.3) is 0 Å². The Labute approximate surface area is 82.4 Å². The lowest BCUT2D eigenvalue weighted by Crippen LogP contribution is -2.08. The number of hydrogen-bond donors (Lipinski definition) is 1. The Hall–Kier alpha value is -1.68. The molecule has 0 saturated heterocycles. The van der Waals surface area contributed by atoms with Crippen molar-refractivity contribution in [3.8, 4) is 0 Å². The number of pyridine rings is 1. The lowest BCUT2D eigenvalue weighted by Gasteiger charge is -2.05. The number of nitrogens with zero attached hydrogens (tertiary/aromatic N) is 3. The molecule has 0 bridgehead atoms. The first-order chi connectivity index (χ1) is 6.90. The van der Waals surface area contributed by atoms with E-state index < -0.39 is 0 Å². The Balaban J connectivity index is 2.19. The maximum absolute atomic E-state index is 5.55. The third-order valence-corrected chi connectivity index (χ3v) is 2.06. The van der Waals surface area contributed by atoms with E-state index >= 15 is 0 Å². The monoisotopic (exact) mass is 188 g/mol. The van der Waals surface area contributed by atoms with E-state index in [0.29, 0.717) is 6.54 Å². The molecule has 0 fully saturated rings. The average molecular weight is 188 g/mol. The van der Waals surface area contributed by atoms with Crippen LogP contribution in [-0.2, 0) is 13.1 Å². The fraction of sp³-hybridized carbons (Fsp3) is 0.200. The van der Waals surface area contributed by atoms with Crippen molar-refractivity contribution in [1.82, 2.24) is 14.5 Å². The van der Waals surface area contributed by atoms with Crippen LogP contribution in [-0.4, -0.2) is 14.5 Å². The van der Waals surface area contributed by atoms with E-state index in [1.54, 1.807) is 12.4 Å². The van der Waals surface area contributed by atoms with Gasteiger partial charge in [-0.1, -0.05) is 6.07 Å². The summed E-state index contributed by atoms with van der Waals surface area (Å²) in [6, 6.07) is 3.96. The zero-order chi connectivity index (χ0) is 9.80. The summed E-state index contributed by atoms with van der Waals surface area (Å²) >= 11 is 0. The van der Waals surface area contributed by atoms with Crippen molar-refractivity contribution in [3.63, 3.8) is 0 Å². The zero-order valence-corrected chi connectivity index (χ0v) is 7.80. The molecule has 0 aliphatic carbocycles. The first-order valence-electron chi connectivity index (χ1n) is 4.49. The third kappa shape index (κ3) is 1.80. The summed E-state index contributed by atoms with van der Waals surface area (Å²) < 4.78 is 2.02. The highest BCUT2D eigenvalue weighted by Crippen LogP contribution is 2.03. The molecule has 2 aromatic rings. The fourth-order valence-electron chi connectivity index (χ4n) is 1.36. The van der Waals surface area contributed by atoms with Gasteiger partial charge in [-0.15, -0.1) is 0 Å². The molecule has 0 radical (unpaired) electrons. The van der Waals surface area contributed by atoms with Gasteiger partial charge in [0.15, 0.2) is 0 Å². The summed E-state index contributed by atoms with van der Waals surface area (Å²) in [6.45, 7) is 1.24. The van der Waals surface area contributed by atoms with Gasteiger partial charge >= 0.3 is 0 Å². The van der Waals surface area contributed by atoms with Crippen molar-refractivity contribution in [2.75, 3.05) is 0 Å². The Bertz CT molecular complexity index is 394. The van der Waals surface area contributed by atoms with E-state index in [9.17, 15) is 0 Å². The first-order valence-corrected chi connectivity index (χ1v) is 4.49. The van der Waals surface area contributed by atoms with Crippen molar-refractivity contribution >= 4 is 0 Å². The van der Waals surface area contributed by atoms with Crippen LogP contribution in [0.4, 0.5) is 0 Å². The maximum Gasteiger partial charge on any atom is 0.122 e. The molecule has 0 aliphatic rings. The average Bonchev–Trinajstić information content (AvgIpc) is 2.67. The summed E-state index contributed by atoms with van der Waals surface area (Å²) in [7, 11) is 0. The highest BCUT2D eigenvalue weighted by molar-refractivity contribution is 5.10. The number of nitrogens with two attached hydrogens (primary N) is 1. The quantitative estimate of drug-likeness (QED) is 0.774. The van der Waals surface area contributed by atoms with Crippen LogP contribution in [0.5, 0.6) is 0 Å². The normalized spacial score (nSPS) is 10.4. The number of hydrogen-bond acceptors (Lipinski definition) is 3. The van der Waals surface area contributed by atoms with Gasteiger partial charge in [0.1, 0.15) is 5.82 Å². The van der Waals surface area contributed by atoms with E-state index in [1.807, 2.05) is 29.1 Å². The minimum atomic E-state index is 0.466. The van der Waals surface area contributed by atoms with Crippen LogP contribution in [0.2, 0.25) is 0 Å². The lowest BCUT2D eigenvalue weighted by molar-refractivity contribution is 0.722. The van der Waals surface area contributed by atoms with Crippen LogP contribution in [0.3, 0.4) is 0 Å². The number of rotatable bonds is 3. The Kier molecular flexibility index (Phi) is 2.55. The first kappa shape index (κ1) is 8.90. The second-order valence-corrected chi connectivity index (χ2v) is 3.04. The minimum absolute atomic E-state index is 0.466. The van der Waals surface area contributed by atoms with Gasteiger partial charge in [-0.05, 0) is 11.6 Å². The Morgan fingerprint density at radius 3 is 3.00 bits per heavy atom. The van der Waals surface area contributed by atoms with Crippen molar-refractivity contribution in [1.29, 1.82) is 0 Å². The molecule has 2 heterocycles. The van der Waals surface area contributed by atoms with E-state index in [0.717, 1.165) is 17.9 Å². The highest BCUT2D eigenvalue weighted by Gasteiger charge is 2.00.